The van der Waals surface area contributed by atoms with Gasteiger partial charge < -0.3 is 4.90 Å². The van der Waals surface area contributed by atoms with E-state index in [0.29, 0.717) is 6.67 Å². The molecule has 6 nitrogen and oxygen atoms in total. The second-order valence-electron chi connectivity index (χ2n) is 4.60. The van der Waals surface area contributed by atoms with Crippen LogP contribution < -0.4 is 4.90 Å². The van der Waals surface area contributed by atoms with Gasteiger partial charge in [-0.15, -0.1) is 10.2 Å². The molecule has 3 heterocycles. The van der Waals surface area contributed by atoms with Crippen molar-refractivity contribution in [2.75, 3.05) is 10.8 Å². The molecule has 0 atom stereocenters. The van der Waals surface area contributed by atoms with Gasteiger partial charge >= 0.3 is 0 Å². The summed E-state index contributed by atoms with van der Waals surface area (Å²) in [4.78, 5) is 10.7. The van der Waals surface area contributed by atoms with E-state index in [4.69, 9.17) is 0 Å². The van der Waals surface area contributed by atoms with E-state index >= 15 is 0 Å². The molecule has 0 bridgehead atoms. The van der Waals surface area contributed by atoms with Crippen molar-refractivity contribution in [3.63, 3.8) is 0 Å². The molecule has 21 heavy (non-hydrogen) atoms. The Morgan fingerprint density at radius 1 is 0.952 bits per heavy atom. The van der Waals surface area contributed by atoms with Crippen LogP contribution in [0, 0.1) is 0 Å². The molecular formula is C14H12N6S. The number of aromatic nitrogens is 5. The molecular weight excluding hydrogens is 284 g/mol. The highest BCUT2D eigenvalue weighted by atomic mass is 32.2. The topological polar surface area (TPSA) is 59.7 Å². The minimum Gasteiger partial charge on any atom is -0.313 e. The Balaban J connectivity index is 1.70. The molecule has 1 aliphatic rings. The van der Waals surface area contributed by atoms with Crippen LogP contribution >= 0.6 is 11.8 Å². The van der Waals surface area contributed by atoms with Gasteiger partial charge in [-0.05, 0) is 6.07 Å². The van der Waals surface area contributed by atoms with Crippen LogP contribution in [0.4, 0.5) is 5.95 Å². The number of benzene rings is 1. The molecule has 4 rings (SSSR count). The molecule has 1 aromatic carbocycles. The molecule has 0 radical (unpaired) electrons. The summed E-state index contributed by atoms with van der Waals surface area (Å²) < 4.78 is 2.10. The normalized spacial score (nSPS) is 14.0. The molecule has 0 saturated heterocycles. The standard InChI is InChI=1S/C14H12N6S/c1-2-5-11(6-3-1)12-17-18-14-20(12)9-19(10-21-14)13-15-7-4-8-16-13/h1-8H,9-10H2. The molecule has 0 saturated carbocycles. The Morgan fingerprint density at radius 2 is 1.76 bits per heavy atom. The van der Waals surface area contributed by atoms with Crippen LogP contribution in [-0.2, 0) is 6.67 Å². The zero-order valence-electron chi connectivity index (χ0n) is 11.1. The summed E-state index contributed by atoms with van der Waals surface area (Å²) in [5.74, 6) is 2.37. The molecule has 0 aliphatic carbocycles. The minimum absolute atomic E-state index is 0.656. The fourth-order valence-corrected chi connectivity index (χ4v) is 3.11. The molecule has 0 spiro atoms. The first-order chi connectivity index (χ1) is 10.4. The molecule has 2 aromatic heterocycles. The third-order valence-electron chi connectivity index (χ3n) is 3.25. The largest absolute Gasteiger partial charge is 0.313 e. The number of anilines is 1. The number of hydrogen-bond donors (Lipinski definition) is 0. The fourth-order valence-electron chi connectivity index (χ4n) is 2.25. The van der Waals surface area contributed by atoms with Crippen molar-refractivity contribution in [1.82, 2.24) is 24.7 Å². The van der Waals surface area contributed by atoms with Crippen LogP contribution in [0.5, 0.6) is 0 Å². The van der Waals surface area contributed by atoms with Crippen molar-refractivity contribution in [2.45, 2.75) is 11.8 Å². The number of nitrogens with zero attached hydrogens (tertiary/aromatic N) is 6. The molecule has 7 heteroatoms. The number of hydrogen-bond acceptors (Lipinski definition) is 6. The van der Waals surface area contributed by atoms with Gasteiger partial charge in [0.2, 0.25) is 5.95 Å². The maximum atomic E-state index is 4.32. The van der Waals surface area contributed by atoms with Gasteiger partial charge in [-0.3, -0.25) is 4.57 Å². The Kier molecular flexibility index (Phi) is 3.04. The third-order valence-corrected chi connectivity index (χ3v) is 4.25. The molecule has 3 aromatic rings. The predicted octanol–water partition coefficient (Wildman–Crippen LogP) is 2.26. The summed E-state index contributed by atoms with van der Waals surface area (Å²) in [7, 11) is 0. The summed E-state index contributed by atoms with van der Waals surface area (Å²) in [5.41, 5.74) is 1.06. The highest BCUT2D eigenvalue weighted by Gasteiger charge is 2.23. The number of thioether (sulfide) groups is 1. The molecule has 0 fully saturated rings. The van der Waals surface area contributed by atoms with Gasteiger partial charge in [-0.25, -0.2) is 9.97 Å². The highest BCUT2D eigenvalue weighted by molar-refractivity contribution is 7.99. The SMILES string of the molecule is c1ccc(-c2nnc3n2CN(c2ncccn2)CS3)cc1. The number of fused-ring (bicyclic) bond motifs is 1. The second kappa shape index (κ2) is 5.17. The summed E-state index contributed by atoms with van der Waals surface area (Å²) in [6.07, 6.45) is 3.51. The van der Waals surface area contributed by atoms with E-state index in [0.717, 1.165) is 28.4 Å². The van der Waals surface area contributed by atoms with Gasteiger partial charge in [0, 0.05) is 18.0 Å². The zero-order valence-corrected chi connectivity index (χ0v) is 11.9. The van der Waals surface area contributed by atoms with Gasteiger partial charge in [-0.1, -0.05) is 42.1 Å². The Hall–Kier alpha value is -2.41. The fraction of sp³-hybridized carbons (Fsp3) is 0.143. The number of rotatable bonds is 2. The van der Waals surface area contributed by atoms with Crippen molar-refractivity contribution < 1.29 is 0 Å². The van der Waals surface area contributed by atoms with Gasteiger partial charge in [0.1, 0.15) is 6.67 Å². The summed E-state index contributed by atoms with van der Waals surface area (Å²) in [6, 6.07) is 11.9. The quantitative estimate of drug-likeness (QED) is 0.723. The van der Waals surface area contributed by atoms with Crippen LogP contribution in [-0.4, -0.2) is 30.6 Å². The average Bonchev–Trinajstić information content (AvgIpc) is 2.99. The van der Waals surface area contributed by atoms with Crippen LogP contribution in [0.3, 0.4) is 0 Å². The minimum atomic E-state index is 0.656. The molecule has 0 amide bonds. The maximum absolute atomic E-state index is 4.32. The highest BCUT2D eigenvalue weighted by Crippen LogP contribution is 2.29. The Morgan fingerprint density at radius 3 is 2.57 bits per heavy atom. The lowest BCUT2D eigenvalue weighted by Crippen LogP contribution is -2.31. The maximum Gasteiger partial charge on any atom is 0.227 e. The van der Waals surface area contributed by atoms with E-state index in [1.165, 1.54) is 0 Å². The third kappa shape index (κ3) is 2.25. The molecule has 1 aliphatic heterocycles. The van der Waals surface area contributed by atoms with Gasteiger partial charge in [0.25, 0.3) is 0 Å². The summed E-state index contributed by atoms with van der Waals surface area (Å²) in [5, 5.41) is 9.52. The Bertz CT molecular complexity index is 743. The van der Waals surface area contributed by atoms with E-state index in [1.807, 2.05) is 36.4 Å². The van der Waals surface area contributed by atoms with E-state index in [-0.39, 0.29) is 0 Å². The lowest BCUT2D eigenvalue weighted by molar-refractivity contribution is 0.597. The second-order valence-corrected chi connectivity index (χ2v) is 5.52. The van der Waals surface area contributed by atoms with Gasteiger partial charge in [0.05, 0.1) is 5.88 Å². The van der Waals surface area contributed by atoms with Crippen LogP contribution in [0.1, 0.15) is 0 Å². The van der Waals surface area contributed by atoms with Crippen LogP contribution in [0.25, 0.3) is 11.4 Å². The monoisotopic (exact) mass is 296 g/mol. The lowest BCUT2D eigenvalue weighted by Gasteiger charge is -2.27. The van der Waals surface area contributed by atoms with Gasteiger partial charge in [-0.2, -0.15) is 0 Å². The molecule has 0 unspecified atom stereocenters. The predicted molar refractivity (Wildman–Crippen MR) is 80.7 cm³/mol. The van der Waals surface area contributed by atoms with Crippen molar-refractivity contribution >= 4 is 17.7 Å². The van der Waals surface area contributed by atoms with E-state index in [2.05, 4.69) is 29.6 Å². The van der Waals surface area contributed by atoms with Gasteiger partial charge in [0.15, 0.2) is 11.0 Å². The molecule has 104 valence electrons. The van der Waals surface area contributed by atoms with E-state index < -0.39 is 0 Å². The van der Waals surface area contributed by atoms with Crippen molar-refractivity contribution in [3.05, 3.63) is 48.8 Å². The average molecular weight is 296 g/mol. The first kappa shape index (κ1) is 12.3. The first-order valence-electron chi connectivity index (χ1n) is 6.55. The first-order valence-corrected chi connectivity index (χ1v) is 7.54. The van der Waals surface area contributed by atoms with E-state index in [9.17, 15) is 0 Å². The van der Waals surface area contributed by atoms with Crippen molar-refractivity contribution in [1.29, 1.82) is 0 Å². The van der Waals surface area contributed by atoms with Crippen LogP contribution in [0.15, 0.2) is 53.9 Å². The van der Waals surface area contributed by atoms with E-state index in [1.54, 1.807) is 24.2 Å². The van der Waals surface area contributed by atoms with Crippen LogP contribution in [0.2, 0.25) is 0 Å². The summed E-state index contributed by atoms with van der Waals surface area (Å²) in [6.45, 7) is 0.656. The van der Waals surface area contributed by atoms with Crippen molar-refractivity contribution in [2.24, 2.45) is 0 Å². The summed E-state index contributed by atoms with van der Waals surface area (Å²) >= 11 is 1.64. The molecule has 0 N–H and O–H groups in total. The Labute approximate surface area is 125 Å². The zero-order chi connectivity index (χ0) is 14.1. The smallest absolute Gasteiger partial charge is 0.227 e. The lowest BCUT2D eigenvalue weighted by atomic mass is 10.2. The van der Waals surface area contributed by atoms with Crippen molar-refractivity contribution in [3.8, 4) is 11.4 Å².